The fourth-order valence-electron chi connectivity index (χ4n) is 7.82. The molecule has 4 nitrogen and oxygen atoms in total. The highest BCUT2D eigenvalue weighted by molar-refractivity contribution is 5.97. The maximum Gasteiger partial charge on any atom is 0.149 e. The Labute approximate surface area is 341 Å². The largest absolute Gasteiger partial charge is 0.507 e. The third-order valence-electron chi connectivity index (χ3n) is 10.9. The van der Waals surface area contributed by atoms with Gasteiger partial charge in [0.25, 0.3) is 0 Å². The molecule has 0 aliphatic heterocycles. The molecule has 0 amide bonds. The Hall–Kier alpha value is -6.26. The SMILES string of the molecule is [2H]C([2H])([2H])c1ccc(-c2ccnc(-c3cc(-c4cccc5c4nc(-c4cc(C)cc(C)c4O)n5-c4ccc(-c5ccccc5)cc4C(C)(C)C)cc(C(C)(C)C)c3)c2)cc1. The summed E-state index contributed by atoms with van der Waals surface area (Å²) in [5, 5.41) is 11.7. The molecule has 0 unspecified atom stereocenters. The molecule has 0 fully saturated rings. The molecule has 0 saturated heterocycles. The standard InChI is InChI=1S/C53H51N3O/c1-33-18-20-37(21-19-33)39-24-25-54-46(32-39)41-28-40(29-42(30-41)52(4,5)6)43-16-13-17-48-49(43)55-51(44-27-34(2)26-35(3)50(44)57)56(48)47-23-22-38(31-45(47)53(7,8)9)36-14-11-10-12-15-36/h10-32,57H,1-9H3/i1D3. The van der Waals surface area contributed by atoms with Crippen LogP contribution in [0.25, 0.3) is 72.7 Å². The summed E-state index contributed by atoms with van der Waals surface area (Å²) >= 11 is 0. The summed E-state index contributed by atoms with van der Waals surface area (Å²) in [4.78, 5) is 10.4. The van der Waals surface area contributed by atoms with E-state index in [-0.39, 0.29) is 16.6 Å². The van der Waals surface area contributed by atoms with Gasteiger partial charge in [-0.2, -0.15) is 0 Å². The van der Waals surface area contributed by atoms with Crippen molar-refractivity contribution in [1.82, 2.24) is 14.5 Å². The van der Waals surface area contributed by atoms with Crippen LogP contribution < -0.4 is 0 Å². The first-order chi connectivity index (χ1) is 28.4. The third kappa shape index (κ3) is 7.29. The number of para-hydroxylation sites is 1. The molecule has 0 spiro atoms. The highest BCUT2D eigenvalue weighted by atomic mass is 16.3. The number of aromatic hydroxyl groups is 1. The molecule has 284 valence electrons. The number of nitrogens with zero attached hydrogens (tertiary/aromatic N) is 3. The minimum absolute atomic E-state index is 0.182. The van der Waals surface area contributed by atoms with Crippen LogP contribution in [0.15, 0.2) is 140 Å². The van der Waals surface area contributed by atoms with Crippen molar-refractivity contribution in [1.29, 1.82) is 0 Å². The van der Waals surface area contributed by atoms with Crippen LogP contribution >= 0.6 is 0 Å². The molecule has 2 heterocycles. The van der Waals surface area contributed by atoms with Gasteiger partial charge in [0.2, 0.25) is 0 Å². The van der Waals surface area contributed by atoms with Crippen molar-refractivity contribution in [3.05, 3.63) is 167 Å². The molecule has 8 aromatic rings. The second kappa shape index (κ2) is 14.4. The van der Waals surface area contributed by atoms with Crippen LogP contribution in [0.4, 0.5) is 0 Å². The van der Waals surface area contributed by atoms with Crippen LogP contribution in [0.5, 0.6) is 5.75 Å². The normalized spacial score (nSPS) is 13.0. The van der Waals surface area contributed by atoms with Gasteiger partial charge in [0.05, 0.1) is 28.0 Å². The molecule has 0 aliphatic rings. The van der Waals surface area contributed by atoms with Crippen molar-refractivity contribution in [2.75, 3.05) is 0 Å². The van der Waals surface area contributed by atoms with Gasteiger partial charge in [0.1, 0.15) is 11.6 Å². The van der Waals surface area contributed by atoms with Crippen LogP contribution in [-0.2, 0) is 10.8 Å². The number of pyridine rings is 1. The number of aryl methyl sites for hydroxylation is 3. The molecule has 0 aliphatic carbocycles. The summed E-state index contributed by atoms with van der Waals surface area (Å²) in [7, 11) is 0. The Morgan fingerprint density at radius 2 is 1.28 bits per heavy atom. The van der Waals surface area contributed by atoms with Crippen molar-refractivity contribution >= 4 is 11.0 Å². The number of phenols is 1. The van der Waals surface area contributed by atoms with E-state index in [4.69, 9.17) is 14.1 Å². The molecule has 8 rings (SSSR count). The Bertz CT molecular complexity index is 2890. The molecule has 6 aromatic carbocycles. The number of imidazole rings is 1. The number of phenolic OH excluding ortho intramolecular Hbond substituents is 1. The first kappa shape index (κ1) is 34.0. The number of hydrogen-bond donors (Lipinski definition) is 1. The number of hydrogen-bond acceptors (Lipinski definition) is 3. The first-order valence-corrected chi connectivity index (χ1v) is 19.6. The van der Waals surface area contributed by atoms with Gasteiger partial charge in [-0.1, -0.05) is 132 Å². The van der Waals surface area contributed by atoms with Crippen LogP contribution in [0.2, 0.25) is 0 Å². The fourth-order valence-corrected chi connectivity index (χ4v) is 7.82. The predicted octanol–water partition coefficient (Wildman–Crippen LogP) is 14.0. The Morgan fingerprint density at radius 1 is 0.579 bits per heavy atom. The van der Waals surface area contributed by atoms with E-state index in [1.54, 1.807) is 12.1 Å². The molecule has 57 heavy (non-hydrogen) atoms. The minimum Gasteiger partial charge on any atom is -0.507 e. The lowest BCUT2D eigenvalue weighted by Crippen LogP contribution is -2.16. The number of rotatable bonds is 6. The van der Waals surface area contributed by atoms with E-state index in [1.165, 1.54) is 0 Å². The second-order valence-electron chi connectivity index (χ2n) is 17.3. The molecule has 1 N–H and O–H groups in total. The van der Waals surface area contributed by atoms with E-state index in [9.17, 15) is 5.11 Å². The van der Waals surface area contributed by atoms with Crippen molar-refractivity contribution in [2.24, 2.45) is 0 Å². The van der Waals surface area contributed by atoms with E-state index in [0.29, 0.717) is 17.0 Å². The van der Waals surface area contributed by atoms with Crippen molar-refractivity contribution in [2.45, 2.75) is 73.1 Å². The predicted molar refractivity (Wildman–Crippen MR) is 239 cm³/mol. The zero-order chi connectivity index (χ0) is 42.7. The molecular weight excluding hydrogens is 695 g/mol. The zero-order valence-corrected chi connectivity index (χ0v) is 34.1. The van der Waals surface area contributed by atoms with Crippen molar-refractivity contribution in [3.63, 3.8) is 0 Å². The average molecular weight is 749 g/mol. The Kier molecular flexibility index (Phi) is 8.57. The van der Waals surface area contributed by atoms with Gasteiger partial charge in [-0.25, -0.2) is 4.98 Å². The average Bonchev–Trinajstić information content (AvgIpc) is 3.61. The van der Waals surface area contributed by atoms with Crippen LogP contribution in [-0.4, -0.2) is 19.6 Å². The van der Waals surface area contributed by atoms with Gasteiger partial charge in [-0.05, 0) is 130 Å². The highest BCUT2D eigenvalue weighted by Crippen LogP contribution is 2.43. The highest BCUT2D eigenvalue weighted by Gasteiger charge is 2.27. The molecule has 0 radical (unpaired) electrons. The van der Waals surface area contributed by atoms with E-state index in [1.807, 2.05) is 49.5 Å². The quantitative estimate of drug-likeness (QED) is 0.184. The van der Waals surface area contributed by atoms with Crippen LogP contribution in [0, 0.1) is 20.7 Å². The van der Waals surface area contributed by atoms with Crippen molar-refractivity contribution < 1.29 is 9.22 Å². The molecule has 0 atom stereocenters. The number of aromatic nitrogens is 3. The molecule has 0 saturated carbocycles. The van der Waals surface area contributed by atoms with Crippen LogP contribution in [0.3, 0.4) is 0 Å². The summed E-state index contributed by atoms with van der Waals surface area (Å²) in [5.41, 5.74) is 15.4. The van der Waals surface area contributed by atoms with E-state index in [0.717, 1.165) is 83.6 Å². The van der Waals surface area contributed by atoms with Gasteiger partial charge >= 0.3 is 0 Å². The molecular formula is C53H51N3O. The van der Waals surface area contributed by atoms with E-state index in [2.05, 4.69) is 138 Å². The van der Waals surface area contributed by atoms with Gasteiger partial charge < -0.3 is 5.11 Å². The first-order valence-electron chi connectivity index (χ1n) is 21.1. The van der Waals surface area contributed by atoms with Crippen molar-refractivity contribution in [3.8, 4) is 67.5 Å². The fraction of sp³-hybridized carbons (Fsp3) is 0.208. The zero-order valence-electron chi connectivity index (χ0n) is 37.1. The Balaban J connectivity index is 1.36. The number of benzene rings is 6. The smallest absolute Gasteiger partial charge is 0.149 e. The Morgan fingerprint density at radius 3 is 2.00 bits per heavy atom. The molecule has 2 aromatic heterocycles. The summed E-state index contributed by atoms with van der Waals surface area (Å²) in [5.74, 6) is 0.888. The molecule has 0 bridgehead atoms. The maximum atomic E-state index is 11.7. The second-order valence-corrected chi connectivity index (χ2v) is 17.3. The van der Waals surface area contributed by atoms with E-state index >= 15 is 0 Å². The van der Waals surface area contributed by atoms with Gasteiger partial charge in [-0.15, -0.1) is 0 Å². The lowest BCUT2D eigenvalue weighted by molar-refractivity contribution is 0.472. The summed E-state index contributed by atoms with van der Waals surface area (Å²) in [6, 6.07) is 45.3. The summed E-state index contributed by atoms with van der Waals surface area (Å²) < 4.78 is 25.7. The molecule has 4 heteroatoms. The van der Waals surface area contributed by atoms with Gasteiger partial charge in [0, 0.05) is 21.4 Å². The lowest BCUT2D eigenvalue weighted by atomic mass is 9.83. The minimum atomic E-state index is -2.16. The number of fused-ring (bicyclic) bond motifs is 1. The van der Waals surface area contributed by atoms with Gasteiger partial charge in [-0.3, -0.25) is 9.55 Å². The summed E-state index contributed by atoms with van der Waals surface area (Å²) in [6.45, 7) is 15.2. The maximum absolute atomic E-state index is 11.7. The van der Waals surface area contributed by atoms with Gasteiger partial charge in [0.15, 0.2) is 0 Å². The van der Waals surface area contributed by atoms with E-state index < -0.39 is 6.85 Å². The lowest BCUT2D eigenvalue weighted by Gasteiger charge is -2.26. The summed E-state index contributed by atoms with van der Waals surface area (Å²) in [6.07, 6.45) is 1.81. The monoisotopic (exact) mass is 748 g/mol. The topological polar surface area (TPSA) is 50.9 Å². The van der Waals surface area contributed by atoms with Crippen LogP contribution in [0.1, 0.15) is 73.5 Å². The third-order valence-corrected chi connectivity index (χ3v) is 10.9.